The van der Waals surface area contributed by atoms with Crippen LogP contribution in [0.5, 0.6) is 0 Å². The van der Waals surface area contributed by atoms with Crippen LogP contribution in [0, 0.1) is 5.92 Å². The minimum atomic E-state index is -3.45. The van der Waals surface area contributed by atoms with Crippen LogP contribution in [0.3, 0.4) is 0 Å². The third-order valence-corrected chi connectivity index (χ3v) is 3.11. The van der Waals surface area contributed by atoms with Crippen molar-refractivity contribution >= 4 is 15.9 Å². The molecule has 5 nitrogen and oxygen atoms in total. The van der Waals surface area contributed by atoms with Crippen molar-refractivity contribution in [3.05, 3.63) is 0 Å². The lowest BCUT2D eigenvalue weighted by Crippen LogP contribution is -2.41. The van der Waals surface area contributed by atoms with Gasteiger partial charge in [-0.2, -0.15) is 0 Å². The van der Waals surface area contributed by atoms with Gasteiger partial charge < -0.3 is 5.73 Å². The van der Waals surface area contributed by atoms with Crippen molar-refractivity contribution in [3.63, 3.8) is 0 Å². The molecular weight excluding hydrogens is 192 g/mol. The Labute approximate surface area is 78.7 Å². The summed E-state index contributed by atoms with van der Waals surface area (Å²) >= 11 is 0. The third kappa shape index (κ3) is 4.23. The van der Waals surface area contributed by atoms with Crippen molar-refractivity contribution in [2.75, 3.05) is 5.75 Å². The van der Waals surface area contributed by atoms with Gasteiger partial charge >= 0.3 is 0 Å². The van der Waals surface area contributed by atoms with Crippen LogP contribution in [0.25, 0.3) is 0 Å². The maximum Gasteiger partial charge on any atom is 0.237 e. The van der Waals surface area contributed by atoms with Crippen LogP contribution >= 0.6 is 0 Å². The summed E-state index contributed by atoms with van der Waals surface area (Å²) in [7, 11) is -3.45. The summed E-state index contributed by atoms with van der Waals surface area (Å²) in [6.45, 7) is 4.71. The van der Waals surface area contributed by atoms with Gasteiger partial charge in [-0.25, -0.2) is 8.42 Å². The van der Waals surface area contributed by atoms with E-state index in [1.807, 2.05) is 4.72 Å². The highest BCUT2D eigenvalue weighted by molar-refractivity contribution is 7.90. The Balaban J connectivity index is 4.33. The summed E-state index contributed by atoms with van der Waals surface area (Å²) in [5, 5.41) is 0. The molecule has 0 saturated carbocycles. The van der Waals surface area contributed by atoms with Crippen LogP contribution < -0.4 is 10.5 Å². The van der Waals surface area contributed by atoms with Crippen molar-refractivity contribution in [2.24, 2.45) is 11.7 Å². The third-order valence-electron chi connectivity index (χ3n) is 1.84. The number of hydrogen-bond acceptors (Lipinski definition) is 4. The fraction of sp³-hybridized carbons (Fsp3) is 0.857. The van der Waals surface area contributed by atoms with Crippen LogP contribution in [0.2, 0.25) is 0 Å². The zero-order valence-electron chi connectivity index (χ0n) is 8.07. The first-order valence-corrected chi connectivity index (χ1v) is 5.75. The largest absolute Gasteiger partial charge is 0.327 e. The zero-order valence-corrected chi connectivity index (χ0v) is 8.89. The van der Waals surface area contributed by atoms with Gasteiger partial charge in [-0.15, -0.1) is 0 Å². The van der Waals surface area contributed by atoms with Gasteiger partial charge in [-0.1, -0.05) is 6.92 Å². The molecule has 2 atom stereocenters. The Kier molecular flexibility index (Phi) is 4.35. The van der Waals surface area contributed by atoms with Gasteiger partial charge in [0.1, 0.15) is 0 Å². The lowest BCUT2D eigenvalue weighted by atomic mass is 10.1. The standard InChI is InChI=1S/C7H16N2O3S/c1-4-13(11,12)9-7(10)5(2)6(3)8/h5-6H,4,8H2,1-3H3,(H,9,10). The second kappa shape index (κ2) is 4.57. The lowest BCUT2D eigenvalue weighted by molar-refractivity contribution is -0.123. The molecule has 0 bridgehead atoms. The SMILES string of the molecule is CCS(=O)(=O)NC(=O)C(C)C(C)N. The first kappa shape index (κ1) is 12.4. The molecule has 1 amide bonds. The maximum absolute atomic E-state index is 11.2. The molecule has 0 aliphatic carbocycles. The molecule has 13 heavy (non-hydrogen) atoms. The molecular formula is C7H16N2O3S. The predicted octanol–water partition coefficient (Wildman–Crippen LogP) is -0.564. The lowest BCUT2D eigenvalue weighted by Gasteiger charge is -2.14. The van der Waals surface area contributed by atoms with Gasteiger partial charge in [0.05, 0.1) is 11.7 Å². The van der Waals surface area contributed by atoms with Crippen LogP contribution in [0.1, 0.15) is 20.8 Å². The molecule has 3 N–H and O–H groups in total. The molecule has 6 heteroatoms. The van der Waals surface area contributed by atoms with Crippen molar-refractivity contribution in [2.45, 2.75) is 26.8 Å². The van der Waals surface area contributed by atoms with E-state index in [1.165, 1.54) is 6.92 Å². The van der Waals surface area contributed by atoms with E-state index in [-0.39, 0.29) is 11.8 Å². The Hall–Kier alpha value is -0.620. The maximum atomic E-state index is 11.2. The zero-order chi connectivity index (χ0) is 10.6. The van der Waals surface area contributed by atoms with Crippen molar-refractivity contribution in [3.8, 4) is 0 Å². The van der Waals surface area contributed by atoms with Crippen LogP contribution in [-0.2, 0) is 14.8 Å². The smallest absolute Gasteiger partial charge is 0.237 e. The van der Waals surface area contributed by atoms with E-state index in [9.17, 15) is 13.2 Å². The molecule has 0 aliphatic heterocycles. The highest BCUT2D eigenvalue weighted by atomic mass is 32.2. The van der Waals surface area contributed by atoms with Gasteiger partial charge in [0.15, 0.2) is 0 Å². The quantitative estimate of drug-likeness (QED) is 0.648. The number of rotatable bonds is 4. The predicted molar refractivity (Wildman–Crippen MR) is 50.4 cm³/mol. The fourth-order valence-electron chi connectivity index (χ4n) is 0.557. The van der Waals surface area contributed by atoms with Gasteiger partial charge in [-0.3, -0.25) is 9.52 Å². The number of hydrogen-bond donors (Lipinski definition) is 2. The van der Waals surface area contributed by atoms with Crippen molar-refractivity contribution in [1.82, 2.24) is 4.72 Å². The van der Waals surface area contributed by atoms with Crippen LogP contribution in [-0.4, -0.2) is 26.1 Å². The topological polar surface area (TPSA) is 89.3 Å². The molecule has 0 aromatic rings. The molecule has 78 valence electrons. The molecule has 0 saturated heterocycles. The summed E-state index contributed by atoms with van der Waals surface area (Å²) in [5.41, 5.74) is 5.44. The minimum absolute atomic E-state index is 0.107. The monoisotopic (exact) mass is 208 g/mol. The first-order chi connectivity index (χ1) is 5.80. The number of carbonyl (C=O) groups excluding carboxylic acids is 1. The van der Waals surface area contributed by atoms with E-state index < -0.39 is 21.8 Å². The Morgan fingerprint density at radius 3 is 2.23 bits per heavy atom. The normalized spacial score (nSPS) is 16.3. The fourth-order valence-corrected chi connectivity index (χ4v) is 1.19. The first-order valence-electron chi connectivity index (χ1n) is 4.10. The Morgan fingerprint density at radius 1 is 1.46 bits per heavy atom. The van der Waals surface area contributed by atoms with Gasteiger partial charge in [-0.05, 0) is 13.8 Å². The average molecular weight is 208 g/mol. The molecule has 0 aromatic carbocycles. The Bertz CT molecular complexity index is 271. The molecule has 0 radical (unpaired) electrons. The van der Waals surface area contributed by atoms with E-state index in [4.69, 9.17) is 5.73 Å². The molecule has 2 unspecified atom stereocenters. The molecule has 0 aliphatic rings. The van der Waals surface area contributed by atoms with E-state index in [0.717, 1.165) is 0 Å². The second-order valence-electron chi connectivity index (χ2n) is 3.02. The van der Waals surface area contributed by atoms with E-state index in [1.54, 1.807) is 13.8 Å². The van der Waals surface area contributed by atoms with Gasteiger partial charge in [0.25, 0.3) is 0 Å². The molecule has 0 fully saturated rings. The highest BCUT2D eigenvalue weighted by Gasteiger charge is 2.20. The molecule has 0 heterocycles. The van der Waals surface area contributed by atoms with Crippen molar-refractivity contribution < 1.29 is 13.2 Å². The highest BCUT2D eigenvalue weighted by Crippen LogP contribution is 2.00. The number of amides is 1. The summed E-state index contributed by atoms with van der Waals surface area (Å²) in [6, 6.07) is -0.355. The molecule has 0 aromatic heterocycles. The second-order valence-corrected chi connectivity index (χ2v) is 5.03. The summed E-state index contributed by atoms with van der Waals surface area (Å²) in [6.07, 6.45) is 0. The van der Waals surface area contributed by atoms with Gasteiger partial charge in [0.2, 0.25) is 15.9 Å². The summed E-state index contributed by atoms with van der Waals surface area (Å²) < 4.78 is 23.9. The summed E-state index contributed by atoms with van der Waals surface area (Å²) in [4.78, 5) is 11.2. The van der Waals surface area contributed by atoms with E-state index in [2.05, 4.69) is 0 Å². The van der Waals surface area contributed by atoms with E-state index in [0.29, 0.717) is 0 Å². The van der Waals surface area contributed by atoms with Crippen LogP contribution in [0.15, 0.2) is 0 Å². The minimum Gasteiger partial charge on any atom is -0.327 e. The number of carbonyl (C=O) groups is 1. The number of nitrogens with one attached hydrogen (secondary N) is 1. The van der Waals surface area contributed by atoms with E-state index >= 15 is 0 Å². The molecule has 0 spiro atoms. The number of nitrogens with two attached hydrogens (primary N) is 1. The Morgan fingerprint density at radius 2 is 1.92 bits per heavy atom. The number of sulfonamides is 1. The molecule has 0 rings (SSSR count). The average Bonchev–Trinajstić information content (AvgIpc) is 2.02. The summed E-state index contributed by atoms with van der Waals surface area (Å²) in [5.74, 6) is -1.15. The van der Waals surface area contributed by atoms with Gasteiger partial charge in [0, 0.05) is 6.04 Å². The van der Waals surface area contributed by atoms with Crippen molar-refractivity contribution in [1.29, 1.82) is 0 Å². The van der Waals surface area contributed by atoms with Crippen LogP contribution in [0.4, 0.5) is 0 Å².